The van der Waals surface area contributed by atoms with E-state index in [0.29, 0.717) is 30.8 Å². The zero-order valence-electron chi connectivity index (χ0n) is 14.4. The van der Waals surface area contributed by atoms with Gasteiger partial charge in [0.15, 0.2) is 0 Å². The van der Waals surface area contributed by atoms with E-state index in [4.69, 9.17) is 14.2 Å². The van der Waals surface area contributed by atoms with Crippen LogP contribution in [0, 0.1) is 0 Å². The van der Waals surface area contributed by atoms with Gasteiger partial charge in [0.05, 0.1) is 19.4 Å². The SMILES string of the molecule is CCCC(=O)OCCC(OC(=O)CCS)C(CC)OC(=O)CCS. The summed E-state index contributed by atoms with van der Waals surface area (Å²) in [6.45, 7) is 3.83. The summed E-state index contributed by atoms with van der Waals surface area (Å²) < 4.78 is 15.9. The van der Waals surface area contributed by atoms with Gasteiger partial charge in [-0.05, 0) is 12.8 Å². The maximum absolute atomic E-state index is 11.8. The summed E-state index contributed by atoms with van der Waals surface area (Å²) in [5.41, 5.74) is 0. The summed E-state index contributed by atoms with van der Waals surface area (Å²) in [5, 5.41) is 0. The van der Waals surface area contributed by atoms with Crippen LogP contribution < -0.4 is 0 Å². The normalized spacial score (nSPS) is 13.0. The Morgan fingerprint density at radius 3 is 1.83 bits per heavy atom. The van der Waals surface area contributed by atoms with Crippen LogP contribution in [0.1, 0.15) is 52.4 Å². The largest absolute Gasteiger partial charge is 0.466 e. The Morgan fingerprint density at radius 2 is 1.38 bits per heavy atom. The molecule has 24 heavy (non-hydrogen) atoms. The Kier molecular flexibility index (Phi) is 13.9. The van der Waals surface area contributed by atoms with Gasteiger partial charge in [0.1, 0.15) is 12.2 Å². The Balaban J connectivity index is 4.71. The lowest BCUT2D eigenvalue weighted by molar-refractivity contribution is -0.170. The van der Waals surface area contributed by atoms with E-state index >= 15 is 0 Å². The van der Waals surface area contributed by atoms with E-state index in [1.54, 1.807) is 0 Å². The fraction of sp³-hybridized carbons (Fsp3) is 0.812. The Hall–Kier alpha value is -0.890. The van der Waals surface area contributed by atoms with Crippen molar-refractivity contribution in [2.45, 2.75) is 64.6 Å². The Labute approximate surface area is 154 Å². The fourth-order valence-corrected chi connectivity index (χ4v) is 2.31. The molecule has 0 aromatic carbocycles. The van der Waals surface area contributed by atoms with Gasteiger partial charge < -0.3 is 14.2 Å². The van der Waals surface area contributed by atoms with Crippen molar-refractivity contribution < 1.29 is 28.6 Å². The van der Waals surface area contributed by atoms with Gasteiger partial charge in [0.2, 0.25) is 0 Å². The van der Waals surface area contributed by atoms with E-state index in [9.17, 15) is 14.4 Å². The molecule has 0 spiro atoms. The molecule has 0 fully saturated rings. The third kappa shape index (κ3) is 10.8. The molecular formula is C16H28O6S2. The number of esters is 3. The van der Waals surface area contributed by atoms with E-state index in [2.05, 4.69) is 25.3 Å². The van der Waals surface area contributed by atoms with E-state index in [1.807, 2.05) is 13.8 Å². The monoisotopic (exact) mass is 380 g/mol. The van der Waals surface area contributed by atoms with Crippen molar-refractivity contribution in [2.24, 2.45) is 0 Å². The summed E-state index contributed by atoms with van der Waals surface area (Å²) in [6.07, 6.45) is 0.932. The summed E-state index contributed by atoms with van der Waals surface area (Å²) in [4.78, 5) is 34.9. The van der Waals surface area contributed by atoms with Crippen molar-refractivity contribution in [3.63, 3.8) is 0 Å². The predicted molar refractivity (Wildman–Crippen MR) is 97.5 cm³/mol. The molecule has 0 saturated carbocycles. The minimum absolute atomic E-state index is 0.109. The molecule has 140 valence electrons. The highest BCUT2D eigenvalue weighted by molar-refractivity contribution is 7.80. The molecule has 0 N–H and O–H groups in total. The van der Waals surface area contributed by atoms with Crippen LogP contribution in [-0.2, 0) is 28.6 Å². The molecule has 0 heterocycles. The van der Waals surface area contributed by atoms with Gasteiger partial charge >= 0.3 is 17.9 Å². The van der Waals surface area contributed by atoms with E-state index in [0.717, 1.165) is 0 Å². The smallest absolute Gasteiger partial charge is 0.307 e. The second kappa shape index (κ2) is 14.5. The molecule has 0 aromatic rings. The van der Waals surface area contributed by atoms with E-state index in [-0.39, 0.29) is 31.8 Å². The zero-order chi connectivity index (χ0) is 18.4. The predicted octanol–water partition coefficient (Wildman–Crippen LogP) is 2.59. The summed E-state index contributed by atoms with van der Waals surface area (Å²) in [5.74, 6) is -0.354. The average Bonchev–Trinajstić information content (AvgIpc) is 2.52. The van der Waals surface area contributed by atoms with Crippen LogP contribution in [0.25, 0.3) is 0 Å². The molecule has 0 bridgehead atoms. The standard InChI is InChI=1S/C16H28O6S2/c1-3-5-14(17)20-9-6-13(22-16(19)8-11-24)12(4-2)21-15(18)7-10-23/h12-13,23-24H,3-11H2,1-2H3. The van der Waals surface area contributed by atoms with Crippen molar-refractivity contribution in [1.82, 2.24) is 0 Å². The summed E-state index contributed by atoms with van der Waals surface area (Å²) >= 11 is 7.99. The Bertz CT molecular complexity index is 389. The van der Waals surface area contributed by atoms with Crippen molar-refractivity contribution in [1.29, 1.82) is 0 Å². The van der Waals surface area contributed by atoms with Crippen LogP contribution in [0.15, 0.2) is 0 Å². The van der Waals surface area contributed by atoms with Gasteiger partial charge in [-0.1, -0.05) is 13.8 Å². The maximum atomic E-state index is 11.8. The van der Waals surface area contributed by atoms with Gasteiger partial charge in [-0.3, -0.25) is 14.4 Å². The molecule has 0 aromatic heterocycles. The number of rotatable bonds is 13. The van der Waals surface area contributed by atoms with Crippen molar-refractivity contribution >= 4 is 43.2 Å². The number of thiol groups is 2. The number of hydrogen-bond donors (Lipinski definition) is 2. The van der Waals surface area contributed by atoms with Crippen LogP contribution in [0.2, 0.25) is 0 Å². The fourth-order valence-electron chi connectivity index (χ4n) is 1.95. The Morgan fingerprint density at radius 1 is 0.833 bits per heavy atom. The molecular weight excluding hydrogens is 352 g/mol. The lowest BCUT2D eigenvalue weighted by Gasteiger charge is -2.26. The maximum Gasteiger partial charge on any atom is 0.307 e. The highest BCUT2D eigenvalue weighted by Gasteiger charge is 2.27. The average molecular weight is 381 g/mol. The zero-order valence-corrected chi connectivity index (χ0v) is 16.2. The lowest BCUT2D eigenvalue weighted by Crippen LogP contribution is -2.36. The van der Waals surface area contributed by atoms with Gasteiger partial charge in [-0.2, -0.15) is 25.3 Å². The first kappa shape index (κ1) is 23.1. The molecule has 0 aliphatic rings. The van der Waals surface area contributed by atoms with Crippen LogP contribution >= 0.6 is 25.3 Å². The molecule has 2 atom stereocenters. The highest BCUT2D eigenvalue weighted by atomic mass is 32.1. The first-order valence-corrected chi connectivity index (χ1v) is 9.51. The molecule has 0 rings (SSSR count). The minimum Gasteiger partial charge on any atom is -0.466 e. The first-order chi connectivity index (χ1) is 11.5. The molecule has 6 nitrogen and oxygen atoms in total. The van der Waals surface area contributed by atoms with Crippen LogP contribution in [0.3, 0.4) is 0 Å². The van der Waals surface area contributed by atoms with Crippen molar-refractivity contribution in [3.05, 3.63) is 0 Å². The molecule has 2 unspecified atom stereocenters. The van der Waals surface area contributed by atoms with Crippen LogP contribution in [0.4, 0.5) is 0 Å². The third-order valence-electron chi connectivity index (χ3n) is 3.13. The van der Waals surface area contributed by atoms with Crippen molar-refractivity contribution in [2.75, 3.05) is 18.1 Å². The van der Waals surface area contributed by atoms with E-state index < -0.39 is 24.1 Å². The molecule has 0 aliphatic heterocycles. The van der Waals surface area contributed by atoms with Crippen molar-refractivity contribution in [3.8, 4) is 0 Å². The topological polar surface area (TPSA) is 78.9 Å². The van der Waals surface area contributed by atoms with Gasteiger partial charge in [0.25, 0.3) is 0 Å². The third-order valence-corrected chi connectivity index (χ3v) is 3.58. The van der Waals surface area contributed by atoms with E-state index in [1.165, 1.54) is 0 Å². The van der Waals surface area contributed by atoms with Crippen LogP contribution in [-0.4, -0.2) is 48.2 Å². The number of carbonyl (C=O) groups excluding carboxylic acids is 3. The van der Waals surface area contributed by atoms with Gasteiger partial charge in [-0.25, -0.2) is 0 Å². The second-order valence-electron chi connectivity index (χ2n) is 5.17. The minimum atomic E-state index is -0.652. The summed E-state index contributed by atoms with van der Waals surface area (Å²) in [6, 6.07) is 0. The molecule has 0 aliphatic carbocycles. The van der Waals surface area contributed by atoms with Gasteiger partial charge in [-0.15, -0.1) is 0 Å². The second-order valence-corrected chi connectivity index (χ2v) is 6.07. The lowest BCUT2D eigenvalue weighted by atomic mass is 10.1. The molecule has 0 radical (unpaired) electrons. The molecule has 8 heteroatoms. The first-order valence-electron chi connectivity index (χ1n) is 8.24. The number of ether oxygens (including phenoxy) is 3. The summed E-state index contributed by atoms with van der Waals surface area (Å²) in [7, 11) is 0. The highest BCUT2D eigenvalue weighted by Crippen LogP contribution is 2.15. The molecule has 0 amide bonds. The number of carbonyl (C=O) groups is 3. The number of hydrogen-bond acceptors (Lipinski definition) is 8. The molecule has 0 saturated heterocycles. The quantitative estimate of drug-likeness (QED) is 0.290. The van der Waals surface area contributed by atoms with Crippen LogP contribution in [0.5, 0.6) is 0 Å². The van der Waals surface area contributed by atoms with Gasteiger partial charge in [0, 0.05) is 24.3 Å².